The van der Waals surface area contributed by atoms with Crippen molar-refractivity contribution in [2.75, 3.05) is 19.6 Å². The summed E-state index contributed by atoms with van der Waals surface area (Å²) >= 11 is 1.63. The van der Waals surface area contributed by atoms with Crippen molar-refractivity contribution in [2.24, 2.45) is 11.7 Å². The van der Waals surface area contributed by atoms with E-state index in [1.54, 1.807) is 17.4 Å². The van der Waals surface area contributed by atoms with Crippen molar-refractivity contribution in [2.45, 2.75) is 6.42 Å². The molecule has 2 N–H and O–H groups in total. The van der Waals surface area contributed by atoms with Crippen LogP contribution >= 0.6 is 11.3 Å². The monoisotopic (exact) mass is 236 g/mol. The number of thiophene rings is 1. The minimum absolute atomic E-state index is 0.101. The number of hydrogen-bond donors (Lipinski definition) is 1. The number of likely N-dealkylation sites (tertiary alicyclic amines) is 1. The van der Waals surface area contributed by atoms with E-state index < -0.39 is 0 Å². The molecule has 0 aromatic carbocycles. The summed E-state index contributed by atoms with van der Waals surface area (Å²) < 4.78 is 0. The van der Waals surface area contributed by atoms with Gasteiger partial charge in [-0.25, -0.2) is 0 Å². The summed E-state index contributed by atoms with van der Waals surface area (Å²) in [5.74, 6) is 0.587. The van der Waals surface area contributed by atoms with Crippen molar-refractivity contribution in [1.29, 1.82) is 0 Å². The number of hydrogen-bond acceptors (Lipinski definition) is 3. The van der Waals surface area contributed by atoms with Gasteiger partial charge in [0.05, 0.1) is 0 Å². The van der Waals surface area contributed by atoms with E-state index in [-0.39, 0.29) is 5.91 Å². The van der Waals surface area contributed by atoms with Crippen LogP contribution in [-0.4, -0.2) is 30.4 Å². The molecule has 2 rings (SSSR count). The lowest BCUT2D eigenvalue weighted by molar-refractivity contribution is -0.125. The van der Waals surface area contributed by atoms with Crippen molar-refractivity contribution >= 4 is 23.3 Å². The Bertz CT molecular complexity index is 372. The third kappa shape index (κ3) is 2.71. The Morgan fingerprint density at radius 3 is 3.19 bits per heavy atom. The van der Waals surface area contributed by atoms with Crippen LogP contribution < -0.4 is 5.73 Å². The largest absolute Gasteiger partial charge is 0.339 e. The van der Waals surface area contributed by atoms with Crippen molar-refractivity contribution in [3.63, 3.8) is 0 Å². The third-order valence-electron chi connectivity index (χ3n) is 2.86. The van der Waals surface area contributed by atoms with Gasteiger partial charge >= 0.3 is 0 Å². The van der Waals surface area contributed by atoms with Crippen molar-refractivity contribution in [3.05, 3.63) is 28.5 Å². The second-order valence-electron chi connectivity index (χ2n) is 4.02. The van der Waals surface area contributed by atoms with Gasteiger partial charge in [0.1, 0.15) is 0 Å². The summed E-state index contributed by atoms with van der Waals surface area (Å²) in [4.78, 5) is 14.8. The molecule has 1 aliphatic heterocycles. The molecule has 1 aromatic rings. The first-order chi connectivity index (χ1) is 7.79. The maximum Gasteiger partial charge on any atom is 0.246 e. The highest BCUT2D eigenvalue weighted by atomic mass is 32.1. The van der Waals surface area contributed by atoms with E-state index in [2.05, 4.69) is 0 Å². The van der Waals surface area contributed by atoms with Crippen molar-refractivity contribution in [1.82, 2.24) is 4.90 Å². The van der Waals surface area contributed by atoms with E-state index in [0.717, 1.165) is 24.4 Å². The van der Waals surface area contributed by atoms with Gasteiger partial charge in [-0.1, -0.05) is 6.07 Å². The summed E-state index contributed by atoms with van der Waals surface area (Å²) in [6.45, 7) is 2.33. The van der Waals surface area contributed by atoms with E-state index in [4.69, 9.17) is 5.73 Å². The first-order valence-electron chi connectivity index (χ1n) is 5.50. The van der Waals surface area contributed by atoms with Crippen molar-refractivity contribution < 1.29 is 4.79 Å². The molecular weight excluding hydrogens is 220 g/mol. The lowest BCUT2D eigenvalue weighted by Gasteiger charge is -2.13. The summed E-state index contributed by atoms with van der Waals surface area (Å²) in [6, 6.07) is 3.98. The zero-order valence-corrected chi connectivity index (χ0v) is 9.95. The number of carbonyl (C=O) groups is 1. The first kappa shape index (κ1) is 11.4. The smallest absolute Gasteiger partial charge is 0.246 e. The molecule has 1 saturated heterocycles. The van der Waals surface area contributed by atoms with Crippen LogP contribution in [0.25, 0.3) is 6.08 Å². The van der Waals surface area contributed by atoms with E-state index >= 15 is 0 Å². The second kappa shape index (κ2) is 5.27. The van der Waals surface area contributed by atoms with Gasteiger partial charge in [-0.3, -0.25) is 4.79 Å². The fourth-order valence-electron chi connectivity index (χ4n) is 1.87. The normalized spacial score (nSPS) is 20.8. The van der Waals surface area contributed by atoms with E-state index in [9.17, 15) is 4.79 Å². The van der Waals surface area contributed by atoms with Gasteiger partial charge in [-0.05, 0) is 36.4 Å². The summed E-state index contributed by atoms with van der Waals surface area (Å²) in [7, 11) is 0. The van der Waals surface area contributed by atoms with Gasteiger partial charge in [0.25, 0.3) is 0 Å². The van der Waals surface area contributed by atoms with Gasteiger partial charge in [0, 0.05) is 24.0 Å². The predicted molar refractivity (Wildman–Crippen MR) is 67.1 cm³/mol. The lowest BCUT2D eigenvalue weighted by Crippen LogP contribution is -2.28. The maximum atomic E-state index is 11.8. The molecule has 0 radical (unpaired) electrons. The molecule has 1 aromatic heterocycles. The SMILES string of the molecule is NCC1CCN(C(=O)C=Cc2cccs2)C1. The zero-order chi connectivity index (χ0) is 11.4. The van der Waals surface area contributed by atoms with Gasteiger partial charge in [-0.2, -0.15) is 0 Å². The molecule has 1 aliphatic rings. The highest BCUT2D eigenvalue weighted by Gasteiger charge is 2.23. The Kier molecular flexibility index (Phi) is 3.74. The lowest BCUT2D eigenvalue weighted by atomic mass is 10.1. The molecule has 1 unspecified atom stereocenters. The number of nitrogens with two attached hydrogens (primary N) is 1. The molecule has 16 heavy (non-hydrogen) atoms. The summed E-state index contributed by atoms with van der Waals surface area (Å²) in [6.07, 6.45) is 4.57. The molecule has 1 fully saturated rings. The van der Waals surface area contributed by atoms with Crippen LogP contribution in [0.5, 0.6) is 0 Å². The molecule has 0 bridgehead atoms. The Morgan fingerprint density at radius 1 is 1.69 bits per heavy atom. The molecule has 3 nitrogen and oxygen atoms in total. The third-order valence-corrected chi connectivity index (χ3v) is 3.70. The van der Waals surface area contributed by atoms with Crippen LogP contribution in [0.15, 0.2) is 23.6 Å². The van der Waals surface area contributed by atoms with E-state index in [1.807, 2.05) is 28.5 Å². The molecular formula is C12H16N2OS. The molecule has 0 aliphatic carbocycles. The van der Waals surface area contributed by atoms with Crippen LogP contribution in [0, 0.1) is 5.92 Å². The second-order valence-corrected chi connectivity index (χ2v) is 5.00. The Hall–Kier alpha value is -1.13. The summed E-state index contributed by atoms with van der Waals surface area (Å²) in [5, 5.41) is 2.00. The molecule has 0 spiro atoms. The summed E-state index contributed by atoms with van der Waals surface area (Å²) in [5.41, 5.74) is 5.59. The minimum atomic E-state index is 0.101. The highest BCUT2D eigenvalue weighted by Crippen LogP contribution is 2.16. The van der Waals surface area contributed by atoms with Crippen LogP contribution in [0.2, 0.25) is 0 Å². The van der Waals surface area contributed by atoms with Crippen LogP contribution in [0.1, 0.15) is 11.3 Å². The number of carbonyl (C=O) groups excluding carboxylic acids is 1. The average Bonchev–Trinajstić information content (AvgIpc) is 2.96. The van der Waals surface area contributed by atoms with Gasteiger partial charge in [0.2, 0.25) is 5.91 Å². The first-order valence-corrected chi connectivity index (χ1v) is 6.38. The van der Waals surface area contributed by atoms with Crippen molar-refractivity contribution in [3.8, 4) is 0 Å². The van der Waals surface area contributed by atoms with E-state index in [0.29, 0.717) is 12.5 Å². The fraction of sp³-hybridized carbons (Fsp3) is 0.417. The average molecular weight is 236 g/mol. The van der Waals surface area contributed by atoms with E-state index in [1.165, 1.54) is 0 Å². The predicted octanol–water partition coefficient (Wildman–Crippen LogP) is 1.57. The molecule has 2 heterocycles. The fourth-order valence-corrected chi connectivity index (χ4v) is 2.49. The van der Waals surface area contributed by atoms with Gasteiger partial charge < -0.3 is 10.6 Å². The molecule has 86 valence electrons. The Morgan fingerprint density at radius 2 is 2.56 bits per heavy atom. The number of amides is 1. The molecule has 4 heteroatoms. The molecule has 1 atom stereocenters. The zero-order valence-electron chi connectivity index (χ0n) is 9.13. The molecule has 1 amide bonds. The number of rotatable bonds is 3. The number of nitrogens with zero attached hydrogens (tertiary/aromatic N) is 1. The Balaban J connectivity index is 1.89. The molecule has 0 saturated carbocycles. The minimum Gasteiger partial charge on any atom is -0.339 e. The topological polar surface area (TPSA) is 46.3 Å². The maximum absolute atomic E-state index is 11.8. The standard InChI is InChI=1S/C12H16N2OS/c13-8-10-5-6-14(9-10)12(15)4-3-11-2-1-7-16-11/h1-4,7,10H,5-6,8-9,13H2. The van der Waals surface area contributed by atoms with Gasteiger partial charge in [0.15, 0.2) is 0 Å². The van der Waals surface area contributed by atoms with Gasteiger partial charge in [-0.15, -0.1) is 11.3 Å². The quantitative estimate of drug-likeness (QED) is 0.810. The van der Waals surface area contributed by atoms with Crippen LogP contribution in [0.4, 0.5) is 0 Å². The Labute approximate surface area is 99.6 Å². The highest BCUT2D eigenvalue weighted by molar-refractivity contribution is 7.10. The van der Waals surface area contributed by atoms with Crippen LogP contribution in [-0.2, 0) is 4.79 Å². The van der Waals surface area contributed by atoms with Crippen LogP contribution in [0.3, 0.4) is 0 Å².